The molecule has 0 spiro atoms. The molecule has 0 aliphatic rings. The van der Waals surface area contributed by atoms with Gasteiger partial charge in [0.2, 0.25) is 0 Å². The Labute approximate surface area is 95.4 Å². The van der Waals surface area contributed by atoms with Crippen LogP contribution in [0.4, 0.5) is 5.69 Å². The fourth-order valence-electron chi connectivity index (χ4n) is 1.52. The fraction of sp³-hybridized carbons (Fsp3) is 0.417. The summed E-state index contributed by atoms with van der Waals surface area (Å²) < 4.78 is 5.06. The van der Waals surface area contributed by atoms with Gasteiger partial charge in [-0.3, -0.25) is 10.1 Å². The lowest BCUT2D eigenvalue weighted by atomic mass is 9.87. The van der Waals surface area contributed by atoms with Crippen LogP contribution in [-0.4, -0.2) is 12.0 Å². The Hall–Kier alpha value is -1.58. The number of ether oxygens (including phenoxy) is 1. The highest BCUT2D eigenvalue weighted by atomic mass is 16.6. The third-order valence-corrected chi connectivity index (χ3v) is 2.15. The Morgan fingerprint density at radius 1 is 1.50 bits per heavy atom. The molecule has 0 saturated heterocycles. The summed E-state index contributed by atoms with van der Waals surface area (Å²) in [6.45, 7) is 7.84. The molecule has 0 unspecified atom stereocenters. The van der Waals surface area contributed by atoms with Gasteiger partial charge in [-0.2, -0.15) is 0 Å². The SMILES string of the molecule is [CH2]C(C)(C)Cc1cc(OC)ccc1[N+](=O)[O-]. The number of nitrogens with zero attached hydrogens (tertiary/aromatic N) is 1. The third kappa shape index (κ3) is 3.22. The standard InChI is InChI=1S/C12H16NO3/c1-12(2,3)8-9-7-10(16-4)5-6-11(9)13(14)15/h5-7H,1,8H2,2-4H3. The molecular formula is C12H16NO3. The number of methoxy groups -OCH3 is 1. The molecule has 0 saturated carbocycles. The van der Waals surface area contributed by atoms with E-state index in [-0.39, 0.29) is 16.0 Å². The summed E-state index contributed by atoms with van der Waals surface area (Å²) in [5.41, 5.74) is 0.541. The molecule has 0 amide bonds. The van der Waals surface area contributed by atoms with Crippen molar-refractivity contribution in [3.8, 4) is 5.75 Å². The summed E-state index contributed by atoms with van der Waals surface area (Å²) >= 11 is 0. The van der Waals surface area contributed by atoms with E-state index in [1.165, 1.54) is 6.07 Å². The molecule has 0 aliphatic carbocycles. The van der Waals surface area contributed by atoms with E-state index in [9.17, 15) is 10.1 Å². The molecule has 0 aromatic heterocycles. The monoisotopic (exact) mass is 222 g/mol. The van der Waals surface area contributed by atoms with Crippen LogP contribution in [0.5, 0.6) is 5.75 Å². The number of benzene rings is 1. The van der Waals surface area contributed by atoms with Crippen LogP contribution in [0.15, 0.2) is 18.2 Å². The van der Waals surface area contributed by atoms with E-state index in [0.29, 0.717) is 17.7 Å². The Morgan fingerprint density at radius 3 is 2.56 bits per heavy atom. The van der Waals surface area contributed by atoms with Crippen molar-refractivity contribution in [1.29, 1.82) is 0 Å². The van der Waals surface area contributed by atoms with Crippen molar-refractivity contribution >= 4 is 5.69 Å². The normalized spacial score (nSPS) is 11.2. The van der Waals surface area contributed by atoms with Gasteiger partial charge in [-0.25, -0.2) is 0 Å². The van der Waals surface area contributed by atoms with Gasteiger partial charge < -0.3 is 4.74 Å². The highest BCUT2D eigenvalue weighted by molar-refractivity contribution is 5.45. The predicted molar refractivity (Wildman–Crippen MR) is 62.5 cm³/mol. The number of nitro groups is 1. The average Bonchev–Trinajstić information content (AvgIpc) is 2.14. The maximum atomic E-state index is 10.9. The van der Waals surface area contributed by atoms with Crippen LogP contribution in [0.25, 0.3) is 0 Å². The van der Waals surface area contributed by atoms with Crippen molar-refractivity contribution in [2.24, 2.45) is 5.41 Å². The molecule has 0 aliphatic heterocycles. The zero-order valence-electron chi connectivity index (χ0n) is 9.82. The zero-order chi connectivity index (χ0) is 12.3. The van der Waals surface area contributed by atoms with E-state index < -0.39 is 0 Å². The Morgan fingerprint density at radius 2 is 2.12 bits per heavy atom. The minimum absolute atomic E-state index is 0.123. The van der Waals surface area contributed by atoms with Gasteiger partial charge in [-0.1, -0.05) is 13.8 Å². The van der Waals surface area contributed by atoms with Gasteiger partial charge in [-0.05, 0) is 30.9 Å². The van der Waals surface area contributed by atoms with Gasteiger partial charge in [0.1, 0.15) is 5.75 Å². The van der Waals surface area contributed by atoms with Gasteiger partial charge >= 0.3 is 0 Å². The molecule has 0 atom stereocenters. The minimum Gasteiger partial charge on any atom is -0.497 e. The summed E-state index contributed by atoms with van der Waals surface area (Å²) in [4.78, 5) is 10.5. The molecular weight excluding hydrogens is 206 g/mol. The van der Waals surface area contributed by atoms with Gasteiger partial charge in [0.15, 0.2) is 0 Å². The van der Waals surface area contributed by atoms with Gasteiger partial charge in [-0.15, -0.1) is 0 Å². The third-order valence-electron chi connectivity index (χ3n) is 2.15. The van der Waals surface area contributed by atoms with Crippen molar-refractivity contribution < 1.29 is 9.66 Å². The van der Waals surface area contributed by atoms with Crippen molar-refractivity contribution in [1.82, 2.24) is 0 Å². The number of rotatable bonds is 4. The smallest absolute Gasteiger partial charge is 0.272 e. The van der Waals surface area contributed by atoms with Crippen LogP contribution in [-0.2, 0) is 6.42 Å². The molecule has 16 heavy (non-hydrogen) atoms. The number of nitro benzene ring substituents is 1. The second-order valence-electron chi connectivity index (χ2n) is 4.59. The van der Waals surface area contributed by atoms with Crippen LogP contribution in [0, 0.1) is 22.5 Å². The van der Waals surface area contributed by atoms with Crippen LogP contribution in [0.1, 0.15) is 19.4 Å². The lowest BCUT2D eigenvalue weighted by Crippen LogP contribution is -2.11. The van der Waals surface area contributed by atoms with E-state index in [1.54, 1.807) is 19.2 Å². The van der Waals surface area contributed by atoms with Crippen molar-refractivity contribution in [2.45, 2.75) is 20.3 Å². The molecule has 87 valence electrons. The predicted octanol–water partition coefficient (Wildman–Crippen LogP) is 3.01. The highest BCUT2D eigenvalue weighted by Crippen LogP contribution is 2.29. The first kappa shape index (κ1) is 12.5. The van der Waals surface area contributed by atoms with E-state index in [0.717, 1.165) is 0 Å². The zero-order valence-corrected chi connectivity index (χ0v) is 9.82. The first-order chi connectivity index (χ1) is 7.33. The van der Waals surface area contributed by atoms with E-state index in [1.807, 2.05) is 13.8 Å². The summed E-state index contributed by atoms with van der Waals surface area (Å²) in [5.74, 6) is 0.629. The second kappa shape index (κ2) is 4.51. The number of hydrogen-bond donors (Lipinski definition) is 0. The van der Waals surface area contributed by atoms with Gasteiger partial charge in [0.25, 0.3) is 5.69 Å². The van der Waals surface area contributed by atoms with Crippen LogP contribution < -0.4 is 4.74 Å². The largest absolute Gasteiger partial charge is 0.497 e. The molecule has 0 N–H and O–H groups in total. The summed E-state index contributed by atoms with van der Waals surface area (Å²) in [5, 5.41) is 10.9. The molecule has 4 nitrogen and oxygen atoms in total. The fourth-order valence-corrected chi connectivity index (χ4v) is 1.52. The van der Waals surface area contributed by atoms with Crippen LogP contribution >= 0.6 is 0 Å². The number of hydrogen-bond acceptors (Lipinski definition) is 3. The minimum atomic E-state index is -0.374. The van der Waals surface area contributed by atoms with Crippen LogP contribution in [0.2, 0.25) is 0 Å². The Balaban J connectivity index is 3.15. The molecule has 1 radical (unpaired) electrons. The lowest BCUT2D eigenvalue weighted by molar-refractivity contribution is -0.385. The summed E-state index contributed by atoms with van der Waals surface area (Å²) in [6, 6.07) is 4.77. The molecule has 4 heteroatoms. The van der Waals surface area contributed by atoms with E-state index in [2.05, 4.69) is 6.92 Å². The molecule has 1 aromatic carbocycles. The Kier molecular flexibility index (Phi) is 3.52. The molecule has 0 bridgehead atoms. The van der Waals surface area contributed by atoms with E-state index in [4.69, 9.17) is 4.74 Å². The maximum Gasteiger partial charge on any atom is 0.272 e. The van der Waals surface area contributed by atoms with Gasteiger partial charge in [0.05, 0.1) is 12.0 Å². The van der Waals surface area contributed by atoms with Crippen molar-refractivity contribution in [2.75, 3.05) is 7.11 Å². The first-order valence-corrected chi connectivity index (χ1v) is 5.00. The quantitative estimate of drug-likeness (QED) is 0.581. The first-order valence-electron chi connectivity index (χ1n) is 5.00. The average molecular weight is 222 g/mol. The molecule has 0 fully saturated rings. The van der Waals surface area contributed by atoms with Crippen LogP contribution in [0.3, 0.4) is 0 Å². The molecule has 1 rings (SSSR count). The van der Waals surface area contributed by atoms with Gasteiger partial charge in [0, 0.05) is 11.6 Å². The summed E-state index contributed by atoms with van der Waals surface area (Å²) in [7, 11) is 1.54. The Bertz CT molecular complexity index is 394. The second-order valence-corrected chi connectivity index (χ2v) is 4.59. The van der Waals surface area contributed by atoms with E-state index >= 15 is 0 Å². The summed E-state index contributed by atoms with van der Waals surface area (Å²) in [6.07, 6.45) is 0.542. The highest BCUT2D eigenvalue weighted by Gasteiger charge is 2.20. The maximum absolute atomic E-state index is 10.9. The molecule has 0 heterocycles. The van der Waals surface area contributed by atoms with Crippen molar-refractivity contribution in [3.63, 3.8) is 0 Å². The lowest BCUT2D eigenvalue weighted by Gasteiger charge is -2.18. The topological polar surface area (TPSA) is 52.4 Å². The van der Waals surface area contributed by atoms with Crippen molar-refractivity contribution in [3.05, 3.63) is 40.8 Å². The molecule has 1 aromatic rings.